The van der Waals surface area contributed by atoms with Crippen LogP contribution in [0, 0.1) is 6.92 Å². The lowest BCUT2D eigenvalue weighted by Crippen LogP contribution is -2.52. The van der Waals surface area contributed by atoms with E-state index in [-0.39, 0.29) is 17.3 Å². The number of ketones is 1. The van der Waals surface area contributed by atoms with E-state index in [2.05, 4.69) is 0 Å². The fourth-order valence-electron chi connectivity index (χ4n) is 4.13. The minimum absolute atomic E-state index is 0.0887. The highest BCUT2D eigenvalue weighted by Crippen LogP contribution is 2.39. The Labute approximate surface area is 169 Å². The highest BCUT2D eigenvalue weighted by atomic mass is 16.5. The maximum atomic E-state index is 13.0. The number of hydrogen-bond acceptors (Lipinski definition) is 5. The van der Waals surface area contributed by atoms with Crippen molar-refractivity contribution in [2.45, 2.75) is 31.8 Å². The van der Waals surface area contributed by atoms with Gasteiger partial charge < -0.3 is 14.4 Å². The van der Waals surface area contributed by atoms with E-state index in [0.717, 1.165) is 5.56 Å². The summed E-state index contributed by atoms with van der Waals surface area (Å²) in [6, 6.07) is 12.3. The first kappa shape index (κ1) is 19.2. The summed E-state index contributed by atoms with van der Waals surface area (Å²) in [5.41, 5.74) is 1.69. The monoisotopic (exact) mass is 393 g/mol. The topological polar surface area (TPSA) is 72.9 Å². The summed E-state index contributed by atoms with van der Waals surface area (Å²) in [4.78, 5) is 39.4. The summed E-state index contributed by atoms with van der Waals surface area (Å²) in [6.45, 7) is 2.87. The van der Waals surface area contributed by atoms with Crippen molar-refractivity contribution in [3.05, 3.63) is 64.7 Å². The van der Waals surface area contributed by atoms with E-state index in [4.69, 9.17) is 9.47 Å². The van der Waals surface area contributed by atoms with Crippen molar-refractivity contribution in [3.8, 4) is 5.75 Å². The number of carbonyl (C=O) groups excluding carboxylic acids is 3. The first-order valence-electron chi connectivity index (χ1n) is 9.72. The van der Waals surface area contributed by atoms with Crippen LogP contribution < -0.4 is 4.74 Å². The molecule has 1 saturated heterocycles. The van der Waals surface area contributed by atoms with Crippen LogP contribution in [0.15, 0.2) is 42.5 Å². The van der Waals surface area contributed by atoms with Gasteiger partial charge in [0.2, 0.25) is 0 Å². The molecule has 0 aromatic heterocycles. The Morgan fingerprint density at radius 1 is 1.07 bits per heavy atom. The zero-order chi connectivity index (χ0) is 20.6. The molecule has 2 aromatic carbocycles. The number of rotatable bonds is 2. The summed E-state index contributed by atoms with van der Waals surface area (Å²) in [6.07, 6.45) is 1.46. The second-order valence-electron chi connectivity index (χ2n) is 7.71. The number of benzene rings is 2. The largest absolute Gasteiger partial charge is 0.486 e. The Morgan fingerprint density at radius 2 is 1.76 bits per heavy atom. The van der Waals surface area contributed by atoms with Crippen molar-refractivity contribution in [2.75, 3.05) is 20.2 Å². The molecular weight excluding hydrogens is 370 g/mol. The van der Waals surface area contributed by atoms with E-state index < -0.39 is 11.6 Å². The van der Waals surface area contributed by atoms with E-state index >= 15 is 0 Å². The van der Waals surface area contributed by atoms with Gasteiger partial charge in [-0.15, -0.1) is 0 Å². The summed E-state index contributed by atoms with van der Waals surface area (Å²) in [5, 5.41) is 0. The van der Waals surface area contributed by atoms with Crippen LogP contribution in [-0.4, -0.2) is 48.4 Å². The molecule has 150 valence electrons. The second-order valence-corrected chi connectivity index (χ2v) is 7.71. The molecule has 6 nitrogen and oxygen atoms in total. The molecular formula is C23H23NO5. The number of fused-ring (bicyclic) bond motifs is 1. The molecule has 0 radical (unpaired) electrons. The summed E-state index contributed by atoms with van der Waals surface area (Å²) in [7, 11) is 1.30. The molecule has 0 atom stereocenters. The molecule has 0 N–H and O–H groups in total. The van der Waals surface area contributed by atoms with Gasteiger partial charge in [0.15, 0.2) is 5.78 Å². The number of likely N-dealkylation sites (tertiary alicyclic amines) is 1. The lowest BCUT2D eigenvalue weighted by atomic mass is 9.82. The Morgan fingerprint density at radius 3 is 2.45 bits per heavy atom. The quantitative estimate of drug-likeness (QED) is 0.731. The highest BCUT2D eigenvalue weighted by molar-refractivity contribution is 6.05. The van der Waals surface area contributed by atoms with Gasteiger partial charge in [0.05, 0.1) is 30.2 Å². The maximum Gasteiger partial charge on any atom is 0.338 e. The van der Waals surface area contributed by atoms with Crippen LogP contribution in [0.2, 0.25) is 0 Å². The number of ether oxygens (including phenoxy) is 2. The zero-order valence-electron chi connectivity index (χ0n) is 16.6. The molecule has 1 amide bonds. The molecule has 2 heterocycles. The van der Waals surface area contributed by atoms with E-state index in [1.807, 2.05) is 25.1 Å². The van der Waals surface area contributed by atoms with Gasteiger partial charge in [-0.1, -0.05) is 23.8 Å². The van der Waals surface area contributed by atoms with E-state index in [0.29, 0.717) is 49.2 Å². The molecule has 6 heteroatoms. The van der Waals surface area contributed by atoms with Crippen molar-refractivity contribution in [3.63, 3.8) is 0 Å². The van der Waals surface area contributed by atoms with Crippen molar-refractivity contribution < 1.29 is 23.9 Å². The number of piperidine rings is 1. The maximum absolute atomic E-state index is 13.0. The predicted octanol–water partition coefficient (Wildman–Crippen LogP) is 3.42. The molecule has 1 spiro atoms. The SMILES string of the molecule is COC(=O)c1ccccc1C(=O)N1CCC2(CC1)CC(=O)c1cc(C)ccc1O2. The third kappa shape index (κ3) is 3.50. The van der Waals surface area contributed by atoms with Gasteiger partial charge in [-0.2, -0.15) is 0 Å². The third-order valence-electron chi connectivity index (χ3n) is 5.77. The van der Waals surface area contributed by atoms with Crippen molar-refractivity contribution in [2.24, 2.45) is 0 Å². The Kier molecular flexibility index (Phi) is 4.86. The number of amides is 1. The minimum Gasteiger partial charge on any atom is -0.486 e. The van der Waals surface area contributed by atoms with Gasteiger partial charge in [0.1, 0.15) is 11.4 Å². The average Bonchev–Trinajstić information content (AvgIpc) is 2.74. The number of aryl methyl sites for hydroxylation is 1. The smallest absolute Gasteiger partial charge is 0.338 e. The number of methoxy groups -OCH3 is 1. The fourth-order valence-corrected chi connectivity index (χ4v) is 4.13. The Bertz CT molecular complexity index is 989. The summed E-state index contributed by atoms with van der Waals surface area (Å²) < 4.78 is 11.1. The normalized spacial score (nSPS) is 17.4. The van der Waals surface area contributed by atoms with Gasteiger partial charge in [0, 0.05) is 25.9 Å². The molecule has 2 aliphatic rings. The molecule has 0 bridgehead atoms. The van der Waals surface area contributed by atoms with Crippen LogP contribution in [0.4, 0.5) is 0 Å². The molecule has 0 saturated carbocycles. The predicted molar refractivity (Wildman–Crippen MR) is 106 cm³/mol. The molecule has 0 unspecified atom stereocenters. The van der Waals surface area contributed by atoms with Gasteiger partial charge in [-0.3, -0.25) is 9.59 Å². The molecule has 0 aliphatic carbocycles. The first-order valence-corrected chi connectivity index (χ1v) is 9.72. The first-order chi connectivity index (χ1) is 13.9. The van der Waals surface area contributed by atoms with Gasteiger partial charge in [-0.25, -0.2) is 4.79 Å². The van der Waals surface area contributed by atoms with Crippen molar-refractivity contribution >= 4 is 17.7 Å². The fraction of sp³-hybridized carbons (Fsp3) is 0.348. The van der Waals surface area contributed by atoms with Crippen LogP contribution in [0.25, 0.3) is 0 Å². The lowest BCUT2D eigenvalue weighted by molar-refractivity contribution is -0.00583. The molecule has 2 aliphatic heterocycles. The van der Waals surface area contributed by atoms with Crippen molar-refractivity contribution in [1.29, 1.82) is 0 Å². The lowest BCUT2D eigenvalue weighted by Gasteiger charge is -2.44. The zero-order valence-corrected chi connectivity index (χ0v) is 16.6. The number of Topliss-reactive ketones (excluding diaryl/α,β-unsaturated/α-hetero) is 1. The third-order valence-corrected chi connectivity index (χ3v) is 5.77. The second kappa shape index (κ2) is 7.35. The van der Waals surface area contributed by atoms with Crippen LogP contribution in [0.3, 0.4) is 0 Å². The molecule has 1 fully saturated rings. The number of esters is 1. The number of carbonyl (C=O) groups is 3. The Balaban J connectivity index is 1.51. The van der Waals surface area contributed by atoms with Gasteiger partial charge in [0.25, 0.3) is 5.91 Å². The van der Waals surface area contributed by atoms with Crippen LogP contribution >= 0.6 is 0 Å². The van der Waals surface area contributed by atoms with E-state index in [1.165, 1.54) is 7.11 Å². The highest BCUT2D eigenvalue weighted by Gasteiger charge is 2.44. The molecule has 2 aromatic rings. The average molecular weight is 393 g/mol. The van der Waals surface area contributed by atoms with Crippen LogP contribution in [0.5, 0.6) is 5.75 Å². The number of nitrogens with zero attached hydrogens (tertiary/aromatic N) is 1. The summed E-state index contributed by atoms with van der Waals surface area (Å²) >= 11 is 0. The minimum atomic E-state index is -0.571. The molecule has 4 rings (SSSR count). The van der Waals surface area contributed by atoms with Crippen LogP contribution in [-0.2, 0) is 4.74 Å². The van der Waals surface area contributed by atoms with E-state index in [1.54, 1.807) is 29.2 Å². The van der Waals surface area contributed by atoms with Gasteiger partial charge >= 0.3 is 5.97 Å². The summed E-state index contributed by atoms with van der Waals surface area (Å²) in [5.74, 6) is -0.0250. The molecule has 29 heavy (non-hydrogen) atoms. The van der Waals surface area contributed by atoms with Crippen molar-refractivity contribution in [1.82, 2.24) is 4.90 Å². The Hall–Kier alpha value is -3.15. The van der Waals surface area contributed by atoms with Crippen LogP contribution in [0.1, 0.15) is 55.9 Å². The van der Waals surface area contributed by atoms with Gasteiger partial charge in [-0.05, 0) is 31.2 Å². The number of hydrogen-bond donors (Lipinski definition) is 0. The standard InChI is InChI=1S/C23H23NO5/c1-15-7-8-20-18(13-15)19(25)14-23(29-20)9-11-24(12-10-23)21(26)16-5-3-4-6-17(16)22(27)28-2/h3-8,13H,9-12,14H2,1-2H3. The van der Waals surface area contributed by atoms with E-state index in [9.17, 15) is 14.4 Å².